The van der Waals surface area contributed by atoms with Crippen LogP contribution in [0.3, 0.4) is 0 Å². The summed E-state index contributed by atoms with van der Waals surface area (Å²) in [6.07, 6.45) is 7.68. The molecule has 1 atom stereocenters. The topological polar surface area (TPSA) is 29.9 Å². The Morgan fingerprint density at radius 2 is 2.05 bits per heavy atom. The number of hydrogen-bond donors (Lipinski definition) is 1. The van der Waals surface area contributed by atoms with Crippen molar-refractivity contribution in [3.63, 3.8) is 0 Å². The van der Waals surface area contributed by atoms with E-state index in [2.05, 4.69) is 16.0 Å². The van der Waals surface area contributed by atoms with Crippen LogP contribution in [0.4, 0.5) is 0 Å². The Labute approximate surface area is 124 Å². The minimum absolute atomic E-state index is 0.407. The zero-order valence-electron chi connectivity index (χ0n) is 11.6. The maximum absolute atomic E-state index is 6.12. The third-order valence-corrected chi connectivity index (χ3v) is 4.70. The Morgan fingerprint density at radius 3 is 2.90 bits per heavy atom. The molecule has 4 rings (SSSR count). The molecule has 1 saturated carbocycles. The molecule has 2 fully saturated rings. The maximum atomic E-state index is 6.12. The van der Waals surface area contributed by atoms with E-state index in [0.717, 1.165) is 17.1 Å². The second kappa shape index (κ2) is 5.05. The van der Waals surface area contributed by atoms with Crippen molar-refractivity contribution in [3.8, 4) is 0 Å². The zero-order valence-corrected chi connectivity index (χ0v) is 12.4. The molecular weight excluding hydrogens is 270 g/mol. The molecule has 1 aromatic carbocycles. The number of nitrogens with one attached hydrogen (secondary N) is 1. The molecule has 106 valence electrons. The molecule has 0 amide bonds. The molecule has 2 aliphatic rings. The van der Waals surface area contributed by atoms with Crippen LogP contribution in [0.25, 0.3) is 11.0 Å². The van der Waals surface area contributed by atoms with Gasteiger partial charge in [0.25, 0.3) is 0 Å². The van der Waals surface area contributed by atoms with Gasteiger partial charge < -0.3 is 9.88 Å². The number of halogens is 1. The first-order valence-electron chi connectivity index (χ1n) is 7.74. The molecular formula is C16H20ClN3. The van der Waals surface area contributed by atoms with Crippen LogP contribution < -0.4 is 5.32 Å². The summed E-state index contributed by atoms with van der Waals surface area (Å²) in [4.78, 5) is 4.92. The normalized spacial score (nSPS) is 23.9. The average molecular weight is 290 g/mol. The van der Waals surface area contributed by atoms with Gasteiger partial charge in [-0.1, -0.05) is 24.4 Å². The number of nitrogens with zero attached hydrogens (tertiary/aromatic N) is 2. The van der Waals surface area contributed by atoms with Crippen LogP contribution in [0.15, 0.2) is 18.2 Å². The molecule has 0 bridgehead atoms. The Kier molecular flexibility index (Phi) is 3.20. The highest BCUT2D eigenvalue weighted by Crippen LogP contribution is 2.41. The minimum Gasteiger partial charge on any atom is -0.324 e. The summed E-state index contributed by atoms with van der Waals surface area (Å²) in [5.74, 6) is 1.23. The van der Waals surface area contributed by atoms with E-state index in [0.29, 0.717) is 12.1 Å². The van der Waals surface area contributed by atoms with Gasteiger partial charge in [-0.25, -0.2) is 4.98 Å². The van der Waals surface area contributed by atoms with Crippen LogP contribution in [-0.4, -0.2) is 16.1 Å². The Bertz CT molecular complexity index is 622. The monoisotopic (exact) mass is 289 g/mol. The van der Waals surface area contributed by atoms with Crippen molar-refractivity contribution >= 4 is 22.6 Å². The van der Waals surface area contributed by atoms with Crippen LogP contribution in [0.1, 0.15) is 56.4 Å². The van der Waals surface area contributed by atoms with Crippen molar-refractivity contribution in [1.29, 1.82) is 0 Å². The van der Waals surface area contributed by atoms with E-state index in [-0.39, 0.29) is 0 Å². The van der Waals surface area contributed by atoms with Crippen LogP contribution in [-0.2, 0) is 0 Å². The highest BCUT2D eigenvalue weighted by atomic mass is 35.5. The van der Waals surface area contributed by atoms with E-state index >= 15 is 0 Å². The van der Waals surface area contributed by atoms with Gasteiger partial charge in [-0.05, 0) is 50.4 Å². The van der Waals surface area contributed by atoms with Crippen LogP contribution >= 0.6 is 11.6 Å². The Morgan fingerprint density at radius 1 is 1.15 bits per heavy atom. The average Bonchev–Trinajstić information content (AvgIpc) is 3.24. The lowest BCUT2D eigenvalue weighted by atomic mass is 10.1. The number of imidazole rings is 1. The van der Waals surface area contributed by atoms with Crippen molar-refractivity contribution < 1.29 is 0 Å². The molecule has 20 heavy (non-hydrogen) atoms. The number of aromatic nitrogens is 2. The van der Waals surface area contributed by atoms with Gasteiger partial charge in [-0.15, -0.1) is 0 Å². The van der Waals surface area contributed by atoms with Gasteiger partial charge in [0.1, 0.15) is 5.82 Å². The largest absolute Gasteiger partial charge is 0.324 e. The third-order valence-electron chi connectivity index (χ3n) is 4.46. The fourth-order valence-corrected chi connectivity index (χ4v) is 3.47. The van der Waals surface area contributed by atoms with Gasteiger partial charge >= 0.3 is 0 Å². The van der Waals surface area contributed by atoms with Crippen molar-refractivity contribution in [2.45, 2.75) is 50.6 Å². The molecule has 1 N–H and O–H groups in total. The molecule has 1 aliphatic heterocycles. The van der Waals surface area contributed by atoms with E-state index in [1.165, 1.54) is 49.9 Å². The zero-order chi connectivity index (χ0) is 13.5. The first-order valence-corrected chi connectivity index (χ1v) is 8.11. The summed E-state index contributed by atoms with van der Waals surface area (Å²) >= 11 is 6.12. The molecule has 1 saturated heterocycles. The van der Waals surface area contributed by atoms with E-state index in [1.54, 1.807) is 0 Å². The summed E-state index contributed by atoms with van der Waals surface area (Å²) in [6, 6.07) is 7.17. The summed E-state index contributed by atoms with van der Waals surface area (Å²) in [6.45, 7) is 1.11. The van der Waals surface area contributed by atoms with Crippen molar-refractivity contribution in [3.05, 3.63) is 29.0 Å². The van der Waals surface area contributed by atoms with Crippen LogP contribution in [0.2, 0.25) is 5.02 Å². The van der Waals surface area contributed by atoms with Gasteiger partial charge in [0.2, 0.25) is 0 Å². The fourth-order valence-electron chi connectivity index (χ4n) is 3.30. The number of benzene rings is 1. The predicted molar refractivity (Wildman–Crippen MR) is 82.2 cm³/mol. The predicted octanol–water partition coefficient (Wildman–Crippen LogP) is 4.23. The van der Waals surface area contributed by atoms with E-state index in [9.17, 15) is 0 Å². The summed E-state index contributed by atoms with van der Waals surface area (Å²) < 4.78 is 2.47. The Hall–Kier alpha value is -1.06. The van der Waals surface area contributed by atoms with Gasteiger partial charge in [0.15, 0.2) is 0 Å². The summed E-state index contributed by atoms with van der Waals surface area (Å²) in [5.41, 5.74) is 2.29. The highest BCUT2D eigenvalue weighted by Gasteiger charge is 2.31. The summed E-state index contributed by atoms with van der Waals surface area (Å²) in [5, 5.41) is 4.46. The summed E-state index contributed by atoms with van der Waals surface area (Å²) in [7, 11) is 0. The van der Waals surface area contributed by atoms with E-state index in [4.69, 9.17) is 16.6 Å². The van der Waals surface area contributed by atoms with Gasteiger partial charge in [0.05, 0.1) is 17.1 Å². The lowest BCUT2D eigenvalue weighted by Gasteiger charge is -2.17. The van der Waals surface area contributed by atoms with E-state index in [1.807, 2.05) is 12.1 Å². The smallest absolute Gasteiger partial charge is 0.127 e. The molecule has 2 aromatic rings. The second-order valence-corrected chi connectivity index (χ2v) is 6.50. The number of fused-ring (bicyclic) bond motifs is 1. The molecule has 4 heteroatoms. The van der Waals surface area contributed by atoms with Gasteiger partial charge in [-0.2, -0.15) is 0 Å². The number of rotatable bonds is 2. The SMILES string of the molecule is Clc1ccc2c(c1)nc(C1CCCCCN1)n2C1CC1. The first kappa shape index (κ1) is 12.7. The maximum Gasteiger partial charge on any atom is 0.127 e. The van der Waals surface area contributed by atoms with Crippen LogP contribution in [0, 0.1) is 0 Å². The fraction of sp³-hybridized carbons (Fsp3) is 0.562. The standard InChI is InChI=1S/C16H20ClN3/c17-11-5-8-15-14(10-11)19-16(20(15)12-6-7-12)13-4-2-1-3-9-18-13/h5,8,10,12-13,18H,1-4,6-7,9H2. The van der Waals surface area contributed by atoms with Gasteiger partial charge in [0, 0.05) is 11.1 Å². The lowest BCUT2D eigenvalue weighted by molar-refractivity contribution is 0.484. The molecule has 0 radical (unpaired) electrons. The van der Waals surface area contributed by atoms with Crippen molar-refractivity contribution in [2.75, 3.05) is 6.54 Å². The molecule has 1 unspecified atom stereocenters. The van der Waals surface area contributed by atoms with E-state index < -0.39 is 0 Å². The lowest BCUT2D eigenvalue weighted by Crippen LogP contribution is -2.23. The molecule has 3 nitrogen and oxygen atoms in total. The highest BCUT2D eigenvalue weighted by molar-refractivity contribution is 6.31. The molecule has 1 aliphatic carbocycles. The van der Waals surface area contributed by atoms with Crippen LogP contribution in [0.5, 0.6) is 0 Å². The second-order valence-electron chi connectivity index (χ2n) is 6.06. The molecule has 1 aromatic heterocycles. The van der Waals surface area contributed by atoms with Gasteiger partial charge in [-0.3, -0.25) is 0 Å². The molecule has 0 spiro atoms. The minimum atomic E-state index is 0.407. The third kappa shape index (κ3) is 2.23. The quantitative estimate of drug-likeness (QED) is 0.896. The first-order chi connectivity index (χ1) is 9.83. The molecule has 2 heterocycles. The number of hydrogen-bond acceptors (Lipinski definition) is 2. The Balaban J connectivity index is 1.82. The van der Waals surface area contributed by atoms with Crippen molar-refractivity contribution in [2.24, 2.45) is 0 Å². The van der Waals surface area contributed by atoms with Crippen molar-refractivity contribution in [1.82, 2.24) is 14.9 Å².